The predicted molar refractivity (Wildman–Crippen MR) is 166 cm³/mol. The molecular weight excluding hydrogens is 564 g/mol. The number of primary amides is 1. The zero-order chi connectivity index (χ0) is 32.5. The Morgan fingerprint density at radius 1 is 1.09 bits per heavy atom. The van der Waals surface area contributed by atoms with Gasteiger partial charge in [-0.05, 0) is 81.3 Å². The normalized spacial score (nSPS) is 27.7. The third kappa shape index (κ3) is 4.62. The molecule has 0 spiro atoms. The van der Waals surface area contributed by atoms with E-state index in [0.29, 0.717) is 17.5 Å². The summed E-state index contributed by atoms with van der Waals surface area (Å²) in [5.74, 6) is -6.49. The molecule has 1 aromatic carbocycles. The lowest BCUT2D eigenvalue weighted by molar-refractivity contribution is -0.153. The summed E-state index contributed by atoms with van der Waals surface area (Å²) in [6, 6.07) is 0.526. The second-order valence-electron chi connectivity index (χ2n) is 13.6. The monoisotopic (exact) mass is 610 g/mol. The van der Waals surface area contributed by atoms with Crippen molar-refractivity contribution in [2.45, 2.75) is 70.6 Å². The first kappa shape index (κ1) is 32.0. The second-order valence-corrected chi connectivity index (χ2v) is 13.6. The Hall–Kier alpha value is -3.41. The lowest BCUT2D eigenvalue weighted by Gasteiger charge is -2.50. The number of amides is 1. The van der Waals surface area contributed by atoms with Gasteiger partial charge in [0.1, 0.15) is 22.8 Å². The number of likely N-dealkylation sites (N-methyl/N-ethyl adjacent to an activating group) is 1. The number of Topliss-reactive ketones (excluding diaryl/α,β-unsaturated/α-hetero) is 2. The van der Waals surface area contributed by atoms with Crippen LogP contribution in [0, 0.1) is 17.3 Å². The van der Waals surface area contributed by atoms with Gasteiger partial charge in [0.2, 0.25) is 5.78 Å². The van der Waals surface area contributed by atoms with Gasteiger partial charge in [0.15, 0.2) is 11.4 Å². The number of aliphatic hydroxyl groups excluding tert-OH is 2. The van der Waals surface area contributed by atoms with Gasteiger partial charge >= 0.3 is 0 Å². The van der Waals surface area contributed by atoms with Crippen molar-refractivity contribution < 1.29 is 34.8 Å². The molecule has 4 atom stereocenters. The molecule has 5 rings (SSSR count). The molecule has 2 saturated carbocycles. The summed E-state index contributed by atoms with van der Waals surface area (Å²) in [5, 5.41) is 45.9. The van der Waals surface area contributed by atoms with E-state index in [2.05, 4.69) is 18.7 Å². The average Bonchev–Trinajstić information content (AvgIpc) is 2.91. The average molecular weight is 611 g/mol. The number of carbonyl (C=O) groups excluding carboxylic acids is 3. The summed E-state index contributed by atoms with van der Waals surface area (Å²) >= 11 is 0. The highest BCUT2D eigenvalue weighted by Crippen LogP contribution is 2.54. The molecule has 6 N–H and O–H groups in total. The summed E-state index contributed by atoms with van der Waals surface area (Å²) < 4.78 is 0. The minimum absolute atomic E-state index is 0.0593. The van der Waals surface area contributed by atoms with Gasteiger partial charge in [0.05, 0.1) is 11.6 Å². The molecule has 11 nitrogen and oxygen atoms in total. The predicted octanol–water partition coefficient (Wildman–Crippen LogP) is 2.43. The number of benzene rings is 1. The number of anilines is 1. The van der Waals surface area contributed by atoms with Crippen molar-refractivity contribution in [2.24, 2.45) is 23.0 Å². The Morgan fingerprint density at radius 3 is 2.25 bits per heavy atom. The number of hydrogen-bond donors (Lipinski definition) is 5. The van der Waals surface area contributed by atoms with E-state index in [4.69, 9.17) is 5.73 Å². The van der Waals surface area contributed by atoms with Gasteiger partial charge in [-0.25, -0.2) is 0 Å². The first-order chi connectivity index (χ1) is 20.6. The molecule has 0 unspecified atom stereocenters. The maximum atomic E-state index is 14.1. The van der Waals surface area contributed by atoms with Crippen LogP contribution in [0.25, 0.3) is 5.76 Å². The molecule has 2 fully saturated rings. The van der Waals surface area contributed by atoms with Crippen LogP contribution in [-0.2, 0) is 27.3 Å². The van der Waals surface area contributed by atoms with Crippen molar-refractivity contribution in [3.63, 3.8) is 0 Å². The summed E-state index contributed by atoms with van der Waals surface area (Å²) in [6.45, 7) is 6.77. The zero-order valence-corrected chi connectivity index (χ0v) is 26.6. The van der Waals surface area contributed by atoms with Crippen LogP contribution in [0.5, 0.6) is 5.75 Å². The van der Waals surface area contributed by atoms with E-state index in [-0.39, 0.29) is 29.7 Å². The van der Waals surface area contributed by atoms with E-state index < -0.39 is 58.0 Å². The minimum atomic E-state index is -2.65. The summed E-state index contributed by atoms with van der Waals surface area (Å²) in [7, 11) is 6.99. The molecule has 11 heteroatoms. The first-order valence-corrected chi connectivity index (χ1v) is 15.6. The molecule has 0 bridgehead atoms. The second kappa shape index (κ2) is 11.2. The number of fused-ring (bicyclic) bond motifs is 3. The number of aliphatic hydroxyl groups is 3. The van der Waals surface area contributed by atoms with Crippen molar-refractivity contribution in [1.29, 1.82) is 0 Å². The van der Waals surface area contributed by atoms with Crippen LogP contribution in [0.1, 0.15) is 62.6 Å². The number of aromatic hydroxyl groups is 1. The molecule has 4 aliphatic rings. The standard InChI is InChI=1S/C33H46N4O7/c1-7-32(10-9-11-32)16-37(8-2)15-18-14-21(38)23-19(25(18)35(3)4)12-17-13-20-26(36(5)6)28(40)24(31(34)43)30(42)33(20,44)29(41)22(17)27(23)39/h14,17,20,26,38-39,42,44H,7-13,15-16H2,1-6H3,(H2,34,43)/t17-,20-,26-,33-/m0/s1. The van der Waals surface area contributed by atoms with Gasteiger partial charge < -0.3 is 31.1 Å². The number of phenolic OH excluding ortho intramolecular Hbond substituents is 1. The van der Waals surface area contributed by atoms with Crippen LogP contribution in [0.15, 0.2) is 23.0 Å². The van der Waals surface area contributed by atoms with Crippen LogP contribution >= 0.6 is 0 Å². The molecule has 0 heterocycles. The molecule has 0 aromatic heterocycles. The number of nitrogens with two attached hydrogens (primary N) is 1. The quantitative estimate of drug-likeness (QED) is 0.262. The fourth-order valence-corrected chi connectivity index (χ4v) is 8.34. The van der Waals surface area contributed by atoms with Crippen LogP contribution in [-0.4, -0.2) is 101 Å². The smallest absolute Gasteiger partial charge is 0.255 e. The van der Waals surface area contributed by atoms with Crippen molar-refractivity contribution in [3.8, 4) is 5.75 Å². The summed E-state index contributed by atoms with van der Waals surface area (Å²) in [4.78, 5) is 45.6. The largest absolute Gasteiger partial charge is 0.508 e. The van der Waals surface area contributed by atoms with Crippen LogP contribution in [0.2, 0.25) is 0 Å². The Morgan fingerprint density at radius 2 is 1.75 bits per heavy atom. The van der Waals surface area contributed by atoms with E-state index in [1.54, 1.807) is 20.2 Å². The van der Waals surface area contributed by atoms with Gasteiger partial charge in [-0.3, -0.25) is 24.2 Å². The number of hydrogen-bond acceptors (Lipinski definition) is 10. The van der Waals surface area contributed by atoms with E-state index in [0.717, 1.165) is 30.8 Å². The molecule has 4 aliphatic carbocycles. The molecule has 1 amide bonds. The van der Waals surface area contributed by atoms with Gasteiger partial charge in [0.25, 0.3) is 5.91 Å². The maximum Gasteiger partial charge on any atom is 0.255 e. The van der Waals surface area contributed by atoms with Crippen molar-refractivity contribution in [3.05, 3.63) is 39.7 Å². The van der Waals surface area contributed by atoms with Gasteiger partial charge in [-0.15, -0.1) is 0 Å². The van der Waals surface area contributed by atoms with E-state index in [1.165, 1.54) is 24.2 Å². The zero-order valence-electron chi connectivity index (χ0n) is 26.6. The third-order valence-electron chi connectivity index (χ3n) is 10.8. The molecule has 240 valence electrons. The molecule has 0 saturated heterocycles. The van der Waals surface area contributed by atoms with Crippen LogP contribution in [0.3, 0.4) is 0 Å². The van der Waals surface area contributed by atoms with Gasteiger partial charge in [-0.1, -0.05) is 20.3 Å². The first-order valence-electron chi connectivity index (χ1n) is 15.6. The third-order valence-corrected chi connectivity index (χ3v) is 10.8. The number of nitrogens with zero attached hydrogens (tertiary/aromatic N) is 3. The number of rotatable bonds is 9. The Balaban J connectivity index is 1.63. The lowest BCUT2D eigenvalue weighted by atomic mass is 9.57. The molecule has 0 radical (unpaired) electrons. The Labute approximate surface area is 258 Å². The highest BCUT2D eigenvalue weighted by Gasteiger charge is 2.64. The van der Waals surface area contributed by atoms with Crippen molar-refractivity contribution >= 4 is 28.9 Å². The fourth-order valence-electron chi connectivity index (χ4n) is 8.34. The highest BCUT2D eigenvalue weighted by molar-refractivity contribution is 6.24. The van der Waals surface area contributed by atoms with E-state index in [9.17, 15) is 34.8 Å². The number of phenols is 1. The summed E-state index contributed by atoms with van der Waals surface area (Å²) in [5.41, 5.74) is 4.66. The molecular formula is C33H46N4O7. The topological polar surface area (TPSA) is 168 Å². The lowest BCUT2D eigenvalue weighted by Crippen LogP contribution is -2.65. The van der Waals surface area contributed by atoms with E-state index in [1.807, 2.05) is 19.0 Å². The highest BCUT2D eigenvalue weighted by atomic mass is 16.3. The fraction of sp³-hybridized carbons (Fsp3) is 0.606. The van der Waals surface area contributed by atoms with Gasteiger partial charge in [0, 0.05) is 44.4 Å². The number of ketones is 2. The maximum absolute atomic E-state index is 14.1. The van der Waals surface area contributed by atoms with Crippen LogP contribution in [0.4, 0.5) is 5.69 Å². The summed E-state index contributed by atoms with van der Waals surface area (Å²) in [6.07, 6.45) is 5.10. The number of carbonyl (C=O) groups is 3. The van der Waals surface area contributed by atoms with E-state index >= 15 is 0 Å². The minimum Gasteiger partial charge on any atom is -0.508 e. The van der Waals surface area contributed by atoms with Crippen molar-refractivity contribution in [1.82, 2.24) is 9.80 Å². The Kier molecular flexibility index (Phi) is 8.14. The molecule has 44 heavy (non-hydrogen) atoms. The van der Waals surface area contributed by atoms with Crippen LogP contribution < -0.4 is 10.6 Å². The SMILES string of the molecule is CCN(Cc1cc(O)c2c(c1N(C)C)C[C@H]1C[C@H]3[C@H](N(C)C)C(=O)C(C(N)=O)=C(O)[C@@]3(O)C(=O)C1=C2O)CC1(CC)CCC1. The Bertz CT molecular complexity index is 1470. The van der Waals surface area contributed by atoms with Crippen molar-refractivity contribution in [2.75, 3.05) is 46.2 Å². The molecule has 1 aromatic rings. The molecule has 0 aliphatic heterocycles. The van der Waals surface area contributed by atoms with Gasteiger partial charge in [-0.2, -0.15) is 0 Å².